The smallest absolute Gasteiger partial charge is 0.222 e. The van der Waals surface area contributed by atoms with Crippen LogP contribution in [0.25, 0.3) is 0 Å². The minimum Gasteiger partial charge on any atom is -0.368 e. The first-order valence-corrected chi connectivity index (χ1v) is 4.45. The Morgan fingerprint density at radius 1 is 1.46 bits per heavy atom. The van der Waals surface area contributed by atoms with E-state index in [0.717, 1.165) is 24.5 Å². The van der Waals surface area contributed by atoms with Gasteiger partial charge in [-0.2, -0.15) is 4.98 Å². The van der Waals surface area contributed by atoms with E-state index in [-0.39, 0.29) is 0 Å². The first-order valence-electron chi connectivity index (χ1n) is 4.45. The van der Waals surface area contributed by atoms with Gasteiger partial charge in [-0.3, -0.25) is 0 Å². The molecule has 1 rings (SSSR count). The fourth-order valence-corrected chi connectivity index (χ4v) is 1.22. The third kappa shape index (κ3) is 2.57. The van der Waals surface area contributed by atoms with Crippen molar-refractivity contribution in [1.29, 1.82) is 0 Å². The molecule has 1 aromatic heterocycles. The molecule has 1 heterocycles. The molecule has 13 heavy (non-hydrogen) atoms. The average Bonchev–Trinajstić information content (AvgIpc) is 2.03. The lowest BCUT2D eigenvalue weighted by molar-refractivity contribution is 0.834. The Labute approximate surface area is 78.8 Å². The summed E-state index contributed by atoms with van der Waals surface area (Å²) >= 11 is 0. The molecule has 0 aliphatic carbocycles. The number of aromatic nitrogens is 2. The van der Waals surface area contributed by atoms with Crippen molar-refractivity contribution in [2.45, 2.75) is 20.3 Å². The monoisotopic (exact) mass is 180 g/mol. The van der Waals surface area contributed by atoms with Crippen LogP contribution in [0.5, 0.6) is 0 Å². The molecule has 0 radical (unpaired) electrons. The second-order valence-electron chi connectivity index (χ2n) is 3.15. The SMILES string of the molecule is CCCN(C)c1cc(C)nc(N)n1. The van der Waals surface area contributed by atoms with Crippen LogP contribution in [0.4, 0.5) is 11.8 Å². The summed E-state index contributed by atoms with van der Waals surface area (Å²) in [6.45, 7) is 5.03. The van der Waals surface area contributed by atoms with Gasteiger partial charge in [-0.15, -0.1) is 0 Å². The number of anilines is 2. The zero-order valence-corrected chi connectivity index (χ0v) is 8.41. The van der Waals surface area contributed by atoms with Crippen molar-refractivity contribution < 1.29 is 0 Å². The topological polar surface area (TPSA) is 55.0 Å². The van der Waals surface area contributed by atoms with Gasteiger partial charge in [0.15, 0.2) is 0 Å². The molecule has 0 aliphatic heterocycles. The summed E-state index contributed by atoms with van der Waals surface area (Å²) in [5, 5.41) is 0. The Hall–Kier alpha value is -1.32. The van der Waals surface area contributed by atoms with Gasteiger partial charge in [0.05, 0.1) is 0 Å². The predicted molar refractivity (Wildman–Crippen MR) is 54.7 cm³/mol. The molecule has 72 valence electrons. The fraction of sp³-hybridized carbons (Fsp3) is 0.556. The average molecular weight is 180 g/mol. The quantitative estimate of drug-likeness (QED) is 0.759. The van der Waals surface area contributed by atoms with Gasteiger partial charge in [0, 0.05) is 25.4 Å². The molecule has 0 bridgehead atoms. The molecule has 4 heteroatoms. The Balaban J connectivity index is 2.87. The van der Waals surface area contributed by atoms with Crippen molar-refractivity contribution in [2.24, 2.45) is 0 Å². The summed E-state index contributed by atoms with van der Waals surface area (Å²) in [4.78, 5) is 10.2. The van der Waals surface area contributed by atoms with Crippen LogP contribution < -0.4 is 10.6 Å². The van der Waals surface area contributed by atoms with Crippen LogP contribution in [-0.2, 0) is 0 Å². The van der Waals surface area contributed by atoms with E-state index in [1.165, 1.54) is 0 Å². The summed E-state index contributed by atoms with van der Waals surface area (Å²) in [5.74, 6) is 1.24. The number of hydrogen-bond donors (Lipinski definition) is 1. The van der Waals surface area contributed by atoms with Gasteiger partial charge >= 0.3 is 0 Å². The Morgan fingerprint density at radius 2 is 2.15 bits per heavy atom. The molecule has 0 amide bonds. The molecular formula is C9H16N4. The molecule has 0 saturated carbocycles. The fourth-order valence-electron chi connectivity index (χ4n) is 1.22. The zero-order valence-electron chi connectivity index (χ0n) is 8.41. The molecule has 1 aromatic rings. The minimum atomic E-state index is 0.345. The molecule has 0 unspecified atom stereocenters. The van der Waals surface area contributed by atoms with Crippen molar-refractivity contribution >= 4 is 11.8 Å². The molecule has 0 atom stereocenters. The van der Waals surface area contributed by atoms with Crippen LogP contribution in [-0.4, -0.2) is 23.6 Å². The molecule has 4 nitrogen and oxygen atoms in total. The molecular weight excluding hydrogens is 164 g/mol. The lowest BCUT2D eigenvalue weighted by atomic mass is 10.4. The van der Waals surface area contributed by atoms with Crippen LogP contribution in [0.1, 0.15) is 19.0 Å². The number of rotatable bonds is 3. The van der Waals surface area contributed by atoms with Gasteiger partial charge < -0.3 is 10.6 Å². The van der Waals surface area contributed by atoms with Crippen LogP contribution >= 0.6 is 0 Å². The molecule has 0 aromatic carbocycles. The summed E-state index contributed by atoms with van der Waals surface area (Å²) in [7, 11) is 2.00. The van der Waals surface area contributed by atoms with Crippen molar-refractivity contribution in [2.75, 3.05) is 24.2 Å². The Kier molecular flexibility index (Phi) is 3.06. The van der Waals surface area contributed by atoms with Crippen LogP contribution in [0.3, 0.4) is 0 Å². The number of nitrogen functional groups attached to an aromatic ring is 1. The Bertz CT molecular complexity index is 265. The summed E-state index contributed by atoms with van der Waals surface area (Å²) in [5.41, 5.74) is 6.45. The molecule has 0 saturated heterocycles. The molecule has 2 N–H and O–H groups in total. The first-order chi connectivity index (χ1) is 6.13. The number of hydrogen-bond acceptors (Lipinski definition) is 4. The van der Waals surface area contributed by atoms with Gasteiger partial charge in [-0.1, -0.05) is 6.92 Å². The van der Waals surface area contributed by atoms with E-state index in [1.807, 2.05) is 20.0 Å². The second-order valence-corrected chi connectivity index (χ2v) is 3.15. The number of nitrogens with two attached hydrogens (primary N) is 1. The van der Waals surface area contributed by atoms with Crippen molar-refractivity contribution in [3.8, 4) is 0 Å². The van der Waals surface area contributed by atoms with Gasteiger partial charge in [0.1, 0.15) is 5.82 Å². The van der Waals surface area contributed by atoms with Gasteiger partial charge in [0.25, 0.3) is 0 Å². The van der Waals surface area contributed by atoms with E-state index < -0.39 is 0 Å². The van der Waals surface area contributed by atoms with E-state index in [1.54, 1.807) is 0 Å². The van der Waals surface area contributed by atoms with Gasteiger partial charge in [0.2, 0.25) is 5.95 Å². The largest absolute Gasteiger partial charge is 0.368 e. The summed E-state index contributed by atoms with van der Waals surface area (Å²) < 4.78 is 0. The van der Waals surface area contributed by atoms with E-state index in [2.05, 4.69) is 21.8 Å². The highest BCUT2D eigenvalue weighted by Gasteiger charge is 2.03. The highest BCUT2D eigenvalue weighted by Crippen LogP contribution is 2.11. The molecule has 0 aliphatic rings. The standard InChI is InChI=1S/C9H16N4/c1-4-5-13(3)8-6-7(2)11-9(10)12-8/h6H,4-5H2,1-3H3,(H2,10,11,12). The maximum absolute atomic E-state index is 5.54. The number of aryl methyl sites for hydroxylation is 1. The van der Waals surface area contributed by atoms with E-state index in [0.29, 0.717) is 5.95 Å². The third-order valence-corrected chi connectivity index (χ3v) is 1.81. The van der Waals surface area contributed by atoms with E-state index in [4.69, 9.17) is 5.73 Å². The maximum atomic E-state index is 5.54. The van der Waals surface area contributed by atoms with Crippen molar-refractivity contribution in [1.82, 2.24) is 9.97 Å². The lowest BCUT2D eigenvalue weighted by Crippen LogP contribution is -2.19. The maximum Gasteiger partial charge on any atom is 0.222 e. The van der Waals surface area contributed by atoms with Crippen molar-refractivity contribution in [3.05, 3.63) is 11.8 Å². The first kappa shape index (κ1) is 9.77. The third-order valence-electron chi connectivity index (χ3n) is 1.81. The molecule has 0 spiro atoms. The number of nitrogens with zero attached hydrogens (tertiary/aromatic N) is 3. The van der Waals surface area contributed by atoms with Crippen LogP contribution in [0.15, 0.2) is 6.07 Å². The second kappa shape index (κ2) is 4.07. The summed E-state index contributed by atoms with van der Waals surface area (Å²) in [6, 6.07) is 1.94. The Morgan fingerprint density at radius 3 is 2.69 bits per heavy atom. The highest BCUT2D eigenvalue weighted by molar-refractivity contribution is 5.42. The lowest BCUT2D eigenvalue weighted by Gasteiger charge is -2.17. The van der Waals surface area contributed by atoms with Crippen LogP contribution in [0, 0.1) is 6.92 Å². The van der Waals surface area contributed by atoms with Crippen molar-refractivity contribution in [3.63, 3.8) is 0 Å². The molecule has 0 fully saturated rings. The van der Waals surface area contributed by atoms with E-state index >= 15 is 0 Å². The highest BCUT2D eigenvalue weighted by atomic mass is 15.2. The predicted octanol–water partition coefficient (Wildman–Crippen LogP) is 1.21. The summed E-state index contributed by atoms with van der Waals surface area (Å²) in [6.07, 6.45) is 1.10. The minimum absolute atomic E-state index is 0.345. The normalized spacial score (nSPS) is 10.1. The van der Waals surface area contributed by atoms with Crippen LogP contribution in [0.2, 0.25) is 0 Å². The van der Waals surface area contributed by atoms with Gasteiger partial charge in [-0.25, -0.2) is 4.98 Å². The van der Waals surface area contributed by atoms with Gasteiger partial charge in [-0.05, 0) is 13.3 Å². The zero-order chi connectivity index (χ0) is 9.84. The van der Waals surface area contributed by atoms with E-state index in [9.17, 15) is 0 Å².